The Balaban J connectivity index is 1.83. The van der Waals surface area contributed by atoms with Gasteiger partial charge in [0.05, 0.1) is 11.6 Å². The summed E-state index contributed by atoms with van der Waals surface area (Å²) in [7, 11) is 0. The van der Waals surface area contributed by atoms with Gasteiger partial charge in [-0.15, -0.1) is 0 Å². The number of benzene rings is 2. The van der Waals surface area contributed by atoms with Crippen LogP contribution in [-0.4, -0.2) is 11.1 Å². The zero-order valence-electron chi connectivity index (χ0n) is 12.1. The fraction of sp³-hybridized carbons (Fsp3) is 0.211. The van der Waals surface area contributed by atoms with Crippen LogP contribution >= 0.6 is 0 Å². The van der Waals surface area contributed by atoms with Crippen molar-refractivity contribution in [2.75, 3.05) is 5.32 Å². The molecule has 0 unspecified atom stereocenters. The predicted octanol–water partition coefficient (Wildman–Crippen LogP) is 4.21. The molecule has 4 rings (SSSR count). The van der Waals surface area contributed by atoms with Crippen LogP contribution in [0.4, 0.5) is 5.69 Å². The second kappa shape index (κ2) is 5.02. The lowest BCUT2D eigenvalue weighted by molar-refractivity contribution is 0.0694. The maximum atomic E-state index is 11.6. The van der Waals surface area contributed by atoms with Crippen LogP contribution in [-0.2, 0) is 0 Å². The molecule has 2 aromatic rings. The van der Waals surface area contributed by atoms with Crippen LogP contribution < -0.4 is 5.32 Å². The summed E-state index contributed by atoms with van der Waals surface area (Å²) in [5.74, 6) is -0.126. The molecule has 1 aliphatic carbocycles. The highest BCUT2D eigenvalue weighted by Gasteiger charge is 2.38. The normalized spacial score (nSPS) is 25.2. The first kappa shape index (κ1) is 13.1. The highest BCUT2D eigenvalue weighted by Crippen LogP contribution is 2.50. The molecule has 0 bridgehead atoms. The van der Waals surface area contributed by atoms with Crippen molar-refractivity contribution in [2.24, 2.45) is 5.92 Å². The van der Waals surface area contributed by atoms with Crippen LogP contribution in [0.1, 0.15) is 39.9 Å². The molecule has 2 aromatic carbocycles. The molecule has 0 saturated carbocycles. The fourth-order valence-corrected chi connectivity index (χ4v) is 3.81. The summed E-state index contributed by atoms with van der Waals surface area (Å²) in [5.41, 5.74) is 3.69. The predicted molar refractivity (Wildman–Crippen MR) is 86.2 cm³/mol. The van der Waals surface area contributed by atoms with Crippen molar-refractivity contribution in [1.29, 1.82) is 0 Å². The number of nitrogens with one attached hydrogen (secondary N) is 1. The van der Waals surface area contributed by atoms with E-state index in [0.29, 0.717) is 17.4 Å². The Bertz CT molecular complexity index is 766. The standard InChI is InChI=1S/C19H17NO2/c21-19(22)16-8-2-1-7-15(16)18-14-10-5-9-12(14)13-6-3-4-11-17(13)20-18/h1-9,11-12,14,18,20H,10H2,(H,21,22)/t12-,14-,18+/m0/s1. The van der Waals surface area contributed by atoms with Gasteiger partial charge in [0.1, 0.15) is 0 Å². The number of para-hydroxylation sites is 1. The Morgan fingerprint density at radius 2 is 1.77 bits per heavy atom. The quantitative estimate of drug-likeness (QED) is 0.815. The van der Waals surface area contributed by atoms with E-state index in [9.17, 15) is 9.90 Å². The highest BCUT2D eigenvalue weighted by atomic mass is 16.4. The van der Waals surface area contributed by atoms with Gasteiger partial charge in [-0.1, -0.05) is 48.6 Å². The summed E-state index contributed by atoms with van der Waals surface area (Å²) >= 11 is 0. The Morgan fingerprint density at radius 3 is 2.59 bits per heavy atom. The number of rotatable bonds is 2. The van der Waals surface area contributed by atoms with E-state index in [2.05, 4.69) is 35.7 Å². The molecule has 0 aromatic heterocycles. The molecular weight excluding hydrogens is 274 g/mol. The molecule has 1 heterocycles. The molecule has 0 saturated heterocycles. The van der Waals surface area contributed by atoms with Crippen LogP contribution in [0, 0.1) is 5.92 Å². The van der Waals surface area contributed by atoms with Crippen LogP contribution in [0.25, 0.3) is 0 Å². The third kappa shape index (κ3) is 1.93. The van der Waals surface area contributed by atoms with E-state index in [1.54, 1.807) is 12.1 Å². The second-order valence-corrected chi connectivity index (χ2v) is 5.96. The van der Waals surface area contributed by atoms with E-state index >= 15 is 0 Å². The average molecular weight is 291 g/mol. The van der Waals surface area contributed by atoms with Crippen LogP contribution in [0.2, 0.25) is 0 Å². The SMILES string of the molecule is O=C(O)c1ccccc1[C@@H]1Nc2ccccc2[C@@H]2C=CC[C@@H]21. The van der Waals surface area contributed by atoms with E-state index in [1.807, 2.05) is 18.2 Å². The summed E-state index contributed by atoms with van der Waals surface area (Å²) in [4.78, 5) is 11.6. The number of aromatic carboxylic acids is 1. The van der Waals surface area contributed by atoms with Crippen LogP contribution in [0.5, 0.6) is 0 Å². The number of hydrogen-bond acceptors (Lipinski definition) is 2. The Morgan fingerprint density at radius 1 is 1.05 bits per heavy atom. The van der Waals surface area contributed by atoms with E-state index in [-0.39, 0.29) is 6.04 Å². The number of hydrogen-bond donors (Lipinski definition) is 2. The number of carboxylic acids is 1. The first-order valence-electron chi connectivity index (χ1n) is 7.60. The summed E-state index contributed by atoms with van der Waals surface area (Å²) in [6.07, 6.45) is 5.46. The summed E-state index contributed by atoms with van der Waals surface area (Å²) in [5, 5.41) is 13.1. The maximum absolute atomic E-state index is 11.6. The molecule has 1 aliphatic heterocycles. The lowest BCUT2D eigenvalue weighted by atomic mass is 9.76. The molecule has 0 fully saturated rings. The average Bonchev–Trinajstić information content (AvgIpc) is 3.04. The smallest absolute Gasteiger partial charge is 0.336 e. The van der Waals surface area contributed by atoms with Gasteiger partial charge in [-0.2, -0.15) is 0 Å². The minimum Gasteiger partial charge on any atom is -0.478 e. The van der Waals surface area contributed by atoms with Gasteiger partial charge in [-0.05, 0) is 35.6 Å². The van der Waals surface area contributed by atoms with Gasteiger partial charge < -0.3 is 10.4 Å². The monoisotopic (exact) mass is 291 g/mol. The van der Waals surface area contributed by atoms with E-state index in [0.717, 1.165) is 17.7 Å². The molecule has 22 heavy (non-hydrogen) atoms. The first-order valence-corrected chi connectivity index (χ1v) is 7.60. The van der Waals surface area contributed by atoms with Gasteiger partial charge in [-0.3, -0.25) is 0 Å². The van der Waals surface area contributed by atoms with Gasteiger partial charge in [0.2, 0.25) is 0 Å². The Kier molecular flexibility index (Phi) is 3.00. The Labute approximate surface area is 129 Å². The van der Waals surface area contributed by atoms with Crippen molar-refractivity contribution in [3.05, 3.63) is 77.4 Å². The lowest BCUT2D eigenvalue weighted by Gasteiger charge is -2.38. The van der Waals surface area contributed by atoms with Gasteiger partial charge in [-0.25, -0.2) is 4.79 Å². The molecule has 110 valence electrons. The van der Waals surface area contributed by atoms with Crippen molar-refractivity contribution in [3.63, 3.8) is 0 Å². The Hall–Kier alpha value is -2.55. The number of carbonyl (C=O) groups is 1. The van der Waals surface area contributed by atoms with Crippen molar-refractivity contribution in [3.8, 4) is 0 Å². The number of anilines is 1. The van der Waals surface area contributed by atoms with Gasteiger partial charge >= 0.3 is 5.97 Å². The molecular formula is C19H17NO2. The first-order chi connectivity index (χ1) is 10.8. The van der Waals surface area contributed by atoms with Gasteiger partial charge in [0, 0.05) is 11.6 Å². The zero-order chi connectivity index (χ0) is 15.1. The minimum atomic E-state index is -0.862. The molecule has 3 nitrogen and oxygen atoms in total. The van der Waals surface area contributed by atoms with Crippen molar-refractivity contribution in [2.45, 2.75) is 18.4 Å². The fourth-order valence-electron chi connectivity index (χ4n) is 3.81. The summed E-state index contributed by atoms with van der Waals surface area (Å²) in [6, 6.07) is 15.7. The van der Waals surface area contributed by atoms with Crippen molar-refractivity contribution < 1.29 is 9.90 Å². The molecule has 0 radical (unpaired) electrons. The highest BCUT2D eigenvalue weighted by molar-refractivity contribution is 5.89. The molecule has 3 heteroatoms. The van der Waals surface area contributed by atoms with Crippen LogP contribution in [0.15, 0.2) is 60.7 Å². The molecule has 2 aliphatic rings. The van der Waals surface area contributed by atoms with E-state index in [1.165, 1.54) is 5.56 Å². The third-order valence-corrected chi connectivity index (χ3v) is 4.80. The second-order valence-electron chi connectivity index (χ2n) is 5.96. The van der Waals surface area contributed by atoms with E-state index < -0.39 is 5.97 Å². The van der Waals surface area contributed by atoms with E-state index in [4.69, 9.17) is 0 Å². The minimum absolute atomic E-state index is 0.0298. The van der Waals surface area contributed by atoms with Crippen molar-refractivity contribution >= 4 is 11.7 Å². The summed E-state index contributed by atoms with van der Waals surface area (Å²) < 4.78 is 0. The summed E-state index contributed by atoms with van der Waals surface area (Å²) in [6.45, 7) is 0. The van der Waals surface area contributed by atoms with Crippen LogP contribution in [0.3, 0.4) is 0 Å². The lowest BCUT2D eigenvalue weighted by Crippen LogP contribution is -2.30. The van der Waals surface area contributed by atoms with Gasteiger partial charge in [0.15, 0.2) is 0 Å². The zero-order valence-corrected chi connectivity index (χ0v) is 12.1. The topological polar surface area (TPSA) is 49.3 Å². The van der Waals surface area contributed by atoms with Gasteiger partial charge in [0.25, 0.3) is 0 Å². The number of carboxylic acid groups (broad SMARTS) is 1. The molecule has 3 atom stereocenters. The largest absolute Gasteiger partial charge is 0.478 e. The number of fused-ring (bicyclic) bond motifs is 3. The molecule has 2 N–H and O–H groups in total. The molecule has 0 amide bonds. The maximum Gasteiger partial charge on any atom is 0.336 e. The number of allylic oxidation sites excluding steroid dienone is 2. The molecule has 0 spiro atoms. The third-order valence-electron chi connectivity index (χ3n) is 4.80. The van der Waals surface area contributed by atoms with Crippen molar-refractivity contribution in [1.82, 2.24) is 0 Å².